The number of nitrogens with zero attached hydrogens (tertiary/aromatic N) is 1. The van der Waals surface area contributed by atoms with Crippen LogP contribution in [0.1, 0.15) is 46.5 Å². The molecule has 1 saturated heterocycles. The summed E-state index contributed by atoms with van der Waals surface area (Å²) in [6.45, 7) is 8.28. The number of carboxylic acids is 1. The first kappa shape index (κ1) is 14.5. The third-order valence-corrected chi connectivity index (χ3v) is 3.50. The monoisotopic (exact) mass is 243 g/mol. The lowest BCUT2D eigenvalue weighted by atomic mass is 9.91. The third-order valence-electron chi connectivity index (χ3n) is 3.50. The Labute approximate surface area is 104 Å². The van der Waals surface area contributed by atoms with Gasteiger partial charge in [0.1, 0.15) is 5.54 Å². The molecule has 0 aromatic heterocycles. The smallest absolute Gasteiger partial charge is 0.324 e. The molecule has 0 aromatic carbocycles. The lowest BCUT2D eigenvalue weighted by molar-refractivity contribution is -0.150. The number of hydrogen-bond donors (Lipinski definition) is 1. The molecule has 0 aromatic rings. The van der Waals surface area contributed by atoms with Crippen LogP contribution in [-0.4, -0.2) is 47.3 Å². The van der Waals surface area contributed by atoms with Gasteiger partial charge in [0.25, 0.3) is 0 Å². The molecule has 1 aliphatic heterocycles. The predicted molar refractivity (Wildman–Crippen MR) is 67.2 cm³/mol. The van der Waals surface area contributed by atoms with Gasteiger partial charge in [-0.3, -0.25) is 9.69 Å². The Kier molecular flexibility index (Phi) is 5.40. The van der Waals surface area contributed by atoms with E-state index in [9.17, 15) is 9.90 Å². The van der Waals surface area contributed by atoms with E-state index in [1.165, 1.54) is 0 Å². The summed E-state index contributed by atoms with van der Waals surface area (Å²) < 4.78 is 5.52. The number of rotatable bonds is 7. The number of hydrogen-bond acceptors (Lipinski definition) is 3. The summed E-state index contributed by atoms with van der Waals surface area (Å²) in [5.41, 5.74) is -0.630. The molecule has 1 rings (SSSR count). The average Bonchev–Trinajstić information content (AvgIpc) is 2.63. The molecule has 4 nitrogen and oxygen atoms in total. The van der Waals surface area contributed by atoms with E-state index < -0.39 is 11.5 Å². The van der Waals surface area contributed by atoms with Crippen molar-refractivity contribution in [2.24, 2.45) is 0 Å². The molecule has 17 heavy (non-hydrogen) atoms. The van der Waals surface area contributed by atoms with Crippen LogP contribution in [0.4, 0.5) is 0 Å². The fourth-order valence-electron chi connectivity index (χ4n) is 2.70. The van der Waals surface area contributed by atoms with Crippen molar-refractivity contribution in [2.45, 2.75) is 58.1 Å². The summed E-state index contributed by atoms with van der Waals surface area (Å²) in [5, 5.41) is 9.49. The topological polar surface area (TPSA) is 49.8 Å². The zero-order chi connectivity index (χ0) is 12.9. The molecule has 1 N–H and O–H groups in total. The highest BCUT2D eigenvalue weighted by molar-refractivity contribution is 5.79. The number of carboxylic acid groups (broad SMARTS) is 1. The standard InChI is InChI=1S/C13H25NO3/c1-4-6-13(12(15)16)7-5-8-14(13)9-10-17-11(2)3/h11H,4-10H2,1-3H3,(H,15,16). The molecule has 0 bridgehead atoms. The summed E-state index contributed by atoms with van der Waals surface area (Å²) in [5.74, 6) is -0.665. The highest BCUT2D eigenvalue weighted by atomic mass is 16.5. The van der Waals surface area contributed by atoms with Crippen molar-refractivity contribution in [3.05, 3.63) is 0 Å². The summed E-state index contributed by atoms with van der Waals surface area (Å²) >= 11 is 0. The minimum absolute atomic E-state index is 0.211. The average molecular weight is 243 g/mol. The summed E-state index contributed by atoms with van der Waals surface area (Å²) in [7, 11) is 0. The number of carbonyl (C=O) groups is 1. The molecular weight excluding hydrogens is 218 g/mol. The lowest BCUT2D eigenvalue weighted by Gasteiger charge is -2.34. The van der Waals surface area contributed by atoms with Gasteiger partial charge >= 0.3 is 5.97 Å². The maximum atomic E-state index is 11.5. The Morgan fingerprint density at radius 2 is 2.24 bits per heavy atom. The molecule has 0 aliphatic carbocycles. The summed E-state index contributed by atoms with van der Waals surface area (Å²) in [6, 6.07) is 0. The van der Waals surface area contributed by atoms with Crippen molar-refractivity contribution < 1.29 is 14.6 Å². The second kappa shape index (κ2) is 6.36. The molecule has 0 amide bonds. The Hall–Kier alpha value is -0.610. The van der Waals surface area contributed by atoms with E-state index in [1.54, 1.807) is 0 Å². The quantitative estimate of drug-likeness (QED) is 0.744. The van der Waals surface area contributed by atoms with Crippen LogP contribution < -0.4 is 0 Å². The van der Waals surface area contributed by atoms with Crippen LogP contribution in [-0.2, 0) is 9.53 Å². The molecule has 100 valence electrons. The fourth-order valence-corrected chi connectivity index (χ4v) is 2.70. The van der Waals surface area contributed by atoms with Crippen molar-refractivity contribution in [2.75, 3.05) is 19.7 Å². The molecule has 0 saturated carbocycles. The molecule has 0 spiro atoms. The van der Waals surface area contributed by atoms with Gasteiger partial charge in [-0.2, -0.15) is 0 Å². The Balaban J connectivity index is 2.59. The number of aliphatic carboxylic acids is 1. The van der Waals surface area contributed by atoms with Crippen LogP contribution in [0.3, 0.4) is 0 Å². The van der Waals surface area contributed by atoms with Gasteiger partial charge in [0, 0.05) is 6.54 Å². The van der Waals surface area contributed by atoms with Crippen molar-refractivity contribution in [3.63, 3.8) is 0 Å². The zero-order valence-electron chi connectivity index (χ0n) is 11.2. The van der Waals surface area contributed by atoms with E-state index in [0.717, 1.165) is 38.8 Å². The highest BCUT2D eigenvalue weighted by Crippen LogP contribution is 2.33. The Bertz CT molecular complexity index is 255. The van der Waals surface area contributed by atoms with Crippen LogP contribution in [0.2, 0.25) is 0 Å². The van der Waals surface area contributed by atoms with Crippen LogP contribution in [0.5, 0.6) is 0 Å². The van der Waals surface area contributed by atoms with Crippen LogP contribution in [0, 0.1) is 0 Å². The van der Waals surface area contributed by atoms with Gasteiger partial charge in [-0.05, 0) is 39.7 Å². The van der Waals surface area contributed by atoms with Crippen molar-refractivity contribution in [1.82, 2.24) is 4.90 Å². The molecule has 1 fully saturated rings. The van der Waals surface area contributed by atoms with E-state index in [2.05, 4.69) is 4.90 Å². The maximum absolute atomic E-state index is 11.5. The van der Waals surface area contributed by atoms with Crippen molar-refractivity contribution >= 4 is 5.97 Å². The highest BCUT2D eigenvalue weighted by Gasteiger charge is 2.46. The molecule has 1 atom stereocenters. The predicted octanol–water partition coefficient (Wildman–Crippen LogP) is 2.13. The first-order chi connectivity index (χ1) is 8.03. The number of likely N-dealkylation sites (tertiary alicyclic amines) is 1. The minimum Gasteiger partial charge on any atom is -0.480 e. The van der Waals surface area contributed by atoms with Gasteiger partial charge in [0.2, 0.25) is 0 Å². The second-order valence-electron chi connectivity index (χ2n) is 5.10. The minimum atomic E-state index is -0.665. The lowest BCUT2D eigenvalue weighted by Crippen LogP contribution is -2.51. The Morgan fingerprint density at radius 1 is 1.53 bits per heavy atom. The molecule has 4 heteroatoms. The fraction of sp³-hybridized carbons (Fsp3) is 0.923. The Morgan fingerprint density at radius 3 is 2.76 bits per heavy atom. The third kappa shape index (κ3) is 3.42. The van der Waals surface area contributed by atoms with E-state index in [-0.39, 0.29) is 6.10 Å². The molecule has 1 aliphatic rings. The van der Waals surface area contributed by atoms with Gasteiger partial charge in [-0.1, -0.05) is 13.3 Å². The van der Waals surface area contributed by atoms with E-state index in [1.807, 2.05) is 20.8 Å². The second-order valence-corrected chi connectivity index (χ2v) is 5.10. The number of ether oxygens (including phenoxy) is 1. The SMILES string of the molecule is CCCC1(C(=O)O)CCCN1CCOC(C)C. The van der Waals surface area contributed by atoms with Crippen LogP contribution >= 0.6 is 0 Å². The van der Waals surface area contributed by atoms with Gasteiger partial charge in [-0.15, -0.1) is 0 Å². The van der Waals surface area contributed by atoms with Gasteiger partial charge < -0.3 is 9.84 Å². The van der Waals surface area contributed by atoms with E-state index in [4.69, 9.17) is 4.74 Å². The molecule has 1 unspecified atom stereocenters. The van der Waals surface area contributed by atoms with E-state index >= 15 is 0 Å². The van der Waals surface area contributed by atoms with Gasteiger partial charge in [0.05, 0.1) is 12.7 Å². The van der Waals surface area contributed by atoms with Crippen LogP contribution in [0.15, 0.2) is 0 Å². The normalized spacial score (nSPS) is 25.6. The first-order valence-electron chi connectivity index (χ1n) is 6.63. The van der Waals surface area contributed by atoms with Gasteiger partial charge in [0.15, 0.2) is 0 Å². The first-order valence-corrected chi connectivity index (χ1v) is 6.63. The molecular formula is C13H25NO3. The van der Waals surface area contributed by atoms with Gasteiger partial charge in [-0.25, -0.2) is 0 Å². The summed E-state index contributed by atoms with van der Waals surface area (Å²) in [6.07, 6.45) is 3.62. The zero-order valence-corrected chi connectivity index (χ0v) is 11.2. The summed E-state index contributed by atoms with van der Waals surface area (Å²) in [4.78, 5) is 13.6. The molecule has 0 radical (unpaired) electrons. The van der Waals surface area contributed by atoms with Crippen molar-refractivity contribution in [3.8, 4) is 0 Å². The van der Waals surface area contributed by atoms with E-state index in [0.29, 0.717) is 6.61 Å². The van der Waals surface area contributed by atoms with Crippen molar-refractivity contribution in [1.29, 1.82) is 0 Å². The molecule has 1 heterocycles. The maximum Gasteiger partial charge on any atom is 0.324 e. The van der Waals surface area contributed by atoms with Crippen LogP contribution in [0.25, 0.3) is 0 Å². The largest absolute Gasteiger partial charge is 0.480 e.